The molecule has 1 aromatic heterocycles. The van der Waals surface area contributed by atoms with Crippen molar-refractivity contribution in [3.05, 3.63) is 101 Å². The molecule has 0 aliphatic heterocycles. The molecule has 3 aromatic carbocycles. The molecule has 158 valence electrons. The number of hydrogen-bond donors (Lipinski definition) is 2. The molecule has 0 aliphatic carbocycles. The predicted octanol–water partition coefficient (Wildman–Crippen LogP) is 5.07. The number of carbonyl (C=O) groups excluding carboxylic acids is 1. The number of aromatic nitrogens is 1. The molecule has 0 spiro atoms. The summed E-state index contributed by atoms with van der Waals surface area (Å²) in [7, 11) is 3.94. The van der Waals surface area contributed by atoms with Gasteiger partial charge >= 0.3 is 0 Å². The molecule has 4 rings (SSSR count). The van der Waals surface area contributed by atoms with Crippen LogP contribution in [0.15, 0.2) is 72.9 Å². The van der Waals surface area contributed by atoms with E-state index in [0.29, 0.717) is 0 Å². The summed E-state index contributed by atoms with van der Waals surface area (Å²) < 4.78 is 27.5. The SMILES string of the molecule is CN(C)c1ccc(C(CNC(=O)c2cc(F)ccc2F)c2c[nH]c3ccccc23)cc1. The minimum atomic E-state index is -0.752. The van der Waals surface area contributed by atoms with Gasteiger partial charge in [0.15, 0.2) is 0 Å². The topological polar surface area (TPSA) is 48.1 Å². The van der Waals surface area contributed by atoms with Crippen molar-refractivity contribution >= 4 is 22.5 Å². The van der Waals surface area contributed by atoms with Gasteiger partial charge in [-0.25, -0.2) is 8.78 Å². The molecule has 6 heteroatoms. The molecular weight excluding hydrogens is 396 g/mol. The van der Waals surface area contributed by atoms with Gasteiger partial charge in [0.2, 0.25) is 0 Å². The number of benzene rings is 3. The number of para-hydroxylation sites is 1. The van der Waals surface area contributed by atoms with Gasteiger partial charge in [0, 0.05) is 49.3 Å². The fourth-order valence-electron chi connectivity index (χ4n) is 3.76. The number of anilines is 1. The first-order valence-electron chi connectivity index (χ1n) is 10.0. The first-order valence-corrected chi connectivity index (χ1v) is 10.0. The second kappa shape index (κ2) is 8.60. The van der Waals surface area contributed by atoms with E-state index < -0.39 is 17.5 Å². The van der Waals surface area contributed by atoms with Crippen LogP contribution in [0, 0.1) is 11.6 Å². The molecule has 31 heavy (non-hydrogen) atoms. The second-order valence-corrected chi connectivity index (χ2v) is 7.66. The molecule has 0 saturated carbocycles. The van der Waals surface area contributed by atoms with Gasteiger partial charge in [-0.3, -0.25) is 4.79 Å². The Balaban J connectivity index is 1.67. The molecule has 1 amide bonds. The van der Waals surface area contributed by atoms with Crippen LogP contribution in [0.4, 0.5) is 14.5 Å². The third-order valence-electron chi connectivity index (χ3n) is 5.45. The van der Waals surface area contributed by atoms with Crippen molar-refractivity contribution in [2.24, 2.45) is 0 Å². The number of amides is 1. The number of hydrogen-bond acceptors (Lipinski definition) is 2. The van der Waals surface area contributed by atoms with E-state index in [9.17, 15) is 13.6 Å². The number of carbonyl (C=O) groups is 1. The molecule has 4 aromatic rings. The van der Waals surface area contributed by atoms with Crippen LogP contribution >= 0.6 is 0 Å². The largest absolute Gasteiger partial charge is 0.378 e. The van der Waals surface area contributed by atoms with Crippen molar-refractivity contribution in [1.29, 1.82) is 0 Å². The van der Waals surface area contributed by atoms with E-state index in [0.717, 1.165) is 45.9 Å². The van der Waals surface area contributed by atoms with Crippen LogP contribution < -0.4 is 10.2 Å². The van der Waals surface area contributed by atoms with Crippen LogP contribution in [-0.2, 0) is 0 Å². The van der Waals surface area contributed by atoms with Crippen LogP contribution in [0.25, 0.3) is 10.9 Å². The highest BCUT2D eigenvalue weighted by Gasteiger charge is 2.21. The van der Waals surface area contributed by atoms with Crippen molar-refractivity contribution in [3.63, 3.8) is 0 Å². The van der Waals surface area contributed by atoms with Crippen molar-refractivity contribution in [2.45, 2.75) is 5.92 Å². The Labute approximate surface area is 179 Å². The minimum absolute atomic E-state index is 0.173. The summed E-state index contributed by atoms with van der Waals surface area (Å²) in [6.45, 7) is 0.234. The number of H-pyrrole nitrogens is 1. The number of aromatic amines is 1. The van der Waals surface area contributed by atoms with Gasteiger partial charge < -0.3 is 15.2 Å². The number of nitrogens with one attached hydrogen (secondary N) is 2. The molecule has 2 N–H and O–H groups in total. The van der Waals surface area contributed by atoms with E-state index in [4.69, 9.17) is 0 Å². The smallest absolute Gasteiger partial charge is 0.254 e. The lowest BCUT2D eigenvalue weighted by molar-refractivity contribution is 0.0948. The van der Waals surface area contributed by atoms with E-state index in [1.54, 1.807) is 0 Å². The number of rotatable bonds is 6. The molecule has 0 fully saturated rings. The fraction of sp³-hybridized carbons (Fsp3) is 0.160. The van der Waals surface area contributed by atoms with Gasteiger partial charge in [0.1, 0.15) is 11.6 Å². The van der Waals surface area contributed by atoms with Crippen molar-refractivity contribution in [3.8, 4) is 0 Å². The molecule has 1 atom stereocenters. The van der Waals surface area contributed by atoms with E-state index in [1.807, 2.05) is 73.7 Å². The van der Waals surface area contributed by atoms with Crippen LogP contribution in [0.5, 0.6) is 0 Å². The van der Waals surface area contributed by atoms with Gasteiger partial charge in [0.05, 0.1) is 5.56 Å². The summed E-state index contributed by atoms with van der Waals surface area (Å²) >= 11 is 0. The zero-order chi connectivity index (χ0) is 22.0. The summed E-state index contributed by atoms with van der Waals surface area (Å²) in [5.41, 5.74) is 3.78. The average Bonchev–Trinajstić information content (AvgIpc) is 3.20. The predicted molar refractivity (Wildman–Crippen MR) is 120 cm³/mol. The Morgan fingerprint density at radius 1 is 1.03 bits per heavy atom. The Morgan fingerprint density at radius 2 is 1.77 bits per heavy atom. The van der Waals surface area contributed by atoms with Crippen LogP contribution in [0.3, 0.4) is 0 Å². The highest BCUT2D eigenvalue weighted by molar-refractivity contribution is 5.94. The van der Waals surface area contributed by atoms with Crippen molar-refractivity contribution < 1.29 is 13.6 Å². The van der Waals surface area contributed by atoms with Crippen molar-refractivity contribution in [2.75, 3.05) is 25.5 Å². The monoisotopic (exact) mass is 419 g/mol. The Morgan fingerprint density at radius 3 is 2.52 bits per heavy atom. The quantitative estimate of drug-likeness (QED) is 0.458. The molecular formula is C25H23F2N3O. The molecule has 0 aliphatic rings. The third kappa shape index (κ3) is 4.28. The molecule has 0 radical (unpaired) electrons. The standard InChI is InChI=1S/C25H23F2N3O/c1-30(2)18-10-7-16(8-11-18)21(22-15-28-24-6-4-3-5-19(22)24)14-29-25(31)20-13-17(26)9-12-23(20)27/h3-13,15,21,28H,14H2,1-2H3,(H,29,31). The summed E-state index contributed by atoms with van der Waals surface area (Å²) in [5.74, 6) is -2.23. The summed E-state index contributed by atoms with van der Waals surface area (Å²) in [4.78, 5) is 17.9. The third-order valence-corrected chi connectivity index (χ3v) is 5.45. The van der Waals surface area contributed by atoms with Gasteiger partial charge in [-0.1, -0.05) is 30.3 Å². The van der Waals surface area contributed by atoms with Gasteiger partial charge in [0.25, 0.3) is 5.91 Å². The van der Waals surface area contributed by atoms with Crippen molar-refractivity contribution in [1.82, 2.24) is 10.3 Å². The zero-order valence-electron chi connectivity index (χ0n) is 17.3. The molecule has 0 bridgehead atoms. The van der Waals surface area contributed by atoms with Gasteiger partial charge in [-0.05, 0) is 47.5 Å². The average molecular weight is 419 g/mol. The van der Waals surface area contributed by atoms with Crippen LogP contribution in [0.2, 0.25) is 0 Å². The van der Waals surface area contributed by atoms with E-state index in [1.165, 1.54) is 0 Å². The summed E-state index contributed by atoms with van der Waals surface area (Å²) in [6.07, 6.45) is 1.93. The summed E-state index contributed by atoms with van der Waals surface area (Å²) in [6, 6.07) is 18.9. The fourth-order valence-corrected chi connectivity index (χ4v) is 3.76. The summed E-state index contributed by atoms with van der Waals surface area (Å²) in [5, 5.41) is 3.84. The van der Waals surface area contributed by atoms with Gasteiger partial charge in [-0.2, -0.15) is 0 Å². The first kappa shape index (κ1) is 20.6. The van der Waals surface area contributed by atoms with Crippen LogP contribution in [0.1, 0.15) is 27.4 Å². The molecule has 1 heterocycles. The number of halogens is 2. The van der Waals surface area contributed by atoms with Gasteiger partial charge in [-0.15, -0.1) is 0 Å². The molecule has 1 unspecified atom stereocenters. The zero-order valence-corrected chi connectivity index (χ0v) is 17.3. The maximum atomic E-state index is 14.0. The highest BCUT2D eigenvalue weighted by Crippen LogP contribution is 2.31. The second-order valence-electron chi connectivity index (χ2n) is 7.66. The molecule has 4 nitrogen and oxygen atoms in total. The Bertz CT molecular complexity index is 1220. The van der Waals surface area contributed by atoms with E-state index in [2.05, 4.69) is 10.3 Å². The highest BCUT2D eigenvalue weighted by atomic mass is 19.1. The molecule has 0 saturated heterocycles. The lowest BCUT2D eigenvalue weighted by Crippen LogP contribution is -2.29. The number of fused-ring (bicyclic) bond motifs is 1. The van der Waals surface area contributed by atoms with E-state index in [-0.39, 0.29) is 18.0 Å². The minimum Gasteiger partial charge on any atom is -0.378 e. The lowest BCUT2D eigenvalue weighted by atomic mass is 9.90. The lowest BCUT2D eigenvalue weighted by Gasteiger charge is -2.20. The Hall–Kier alpha value is -3.67. The maximum Gasteiger partial charge on any atom is 0.254 e. The number of nitrogens with zero attached hydrogens (tertiary/aromatic N) is 1. The van der Waals surface area contributed by atoms with Crippen LogP contribution in [-0.4, -0.2) is 31.5 Å². The van der Waals surface area contributed by atoms with E-state index >= 15 is 0 Å². The Kier molecular flexibility index (Phi) is 5.71. The first-order chi connectivity index (χ1) is 14.9. The normalized spacial score (nSPS) is 12.0. The maximum absolute atomic E-state index is 14.0.